The molecule has 1 atom stereocenters. The van der Waals surface area contributed by atoms with E-state index in [2.05, 4.69) is 5.32 Å². The van der Waals surface area contributed by atoms with Crippen LogP contribution in [0.5, 0.6) is 0 Å². The highest BCUT2D eigenvalue weighted by Crippen LogP contribution is 2.30. The molecule has 1 aliphatic carbocycles. The van der Waals surface area contributed by atoms with E-state index in [1.807, 2.05) is 13.0 Å². The molecule has 0 aliphatic heterocycles. The number of carboxylic acid groups (broad SMARTS) is 1. The molecule has 0 fully saturated rings. The van der Waals surface area contributed by atoms with Crippen LogP contribution in [-0.4, -0.2) is 22.5 Å². The van der Waals surface area contributed by atoms with Crippen molar-refractivity contribution in [1.82, 2.24) is 5.32 Å². The first-order valence-corrected chi connectivity index (χ1v) is 7.45. The van der Waals surface area contributed by atoms with E-state index in [-0.39, 0.29) is 5.91 Å². The number of fused-ring (bicyclic) bond motifs is 1. The zero-order valence-electron chi connectivity index (χ0n) is 11.3. The summed E-state index contributed by atoms with van der Waals surface area (Å²) in [4.78, 5) is 25.4. The second kappa shape index (κ2) is 5.33. The Morgan fingerprint density at radius 2 is 2.21 bits per heavy atom. The van der Waals surface area contributed by atoms with Crippen molar-refractivity contribution in [3.63, 3.8) is 0 Å². The average Bonchev–Trinajstić information content (AvgIpc) is 2.88. The number of carbonyl (C=O) groups is 2. The minimum absolute atomic E-state index is 0.266. The van der Waals surface area contributed by atoms with Crippen molar-refractivity contribution in [2.45, 2.75) is 51.5 Å². The normalized spacial score (nSPS) is 16.7. The molecule has 104 valence electrons. The van der Waals surface area contributed by atoms with E-state index < -0.39 is 11.5 Å². The third-order valence-corrected chi connectivity index (χ3v) is 4.82. The van der Waals surface area contributed by atoms with Gasteiger partial charge in [0.1, 0.15) is 5.54 Å². The van der Waals surface area contributed by atoms with Crippen LogP contribution < -0.4 is 5.32 Å². The average molecular weight is 281 g/mol. The molecule has 1 unspecified atom stereocenters. The fourth-order valence-electron chi connectivity index (χ4n) is 2.48. The Morgan fingerprint density at radius 3 is 2.79 bits per heavy atom. The van der Waals surface area contributed by atoms with Gasteiger partial charge in [-0.25, -0.2) is 4.79 Å². The van der Waals surface area contributed by atoms with Crippen LogP contribution in [0.15, 0.2) is 6.07 Å². The maximum Gasteiger partial charge on any atom is 0.329 e. The molecule has 0 saturated carbocycles. The van der Waals surface area contributed by atoms with Crippen LogP contribution >= 0.6 is 11.3 Å². The molecule has 0 radical (unpaired) electrons. The Labute approximate surface area is 116 Å². The smallest absolute Gasteiger partial charge is 0.329 e. The molecule has 4 nitrogen and oxygen atoms in total. The summed E-state index contributed by atoms with van der Waals surface area (Å²) in [6, 6.07) is 1.91. The van der Waals surface area contributed by atoms with Crippen molar-refractivity contribution in [3.05, 3.63) is 21.4 Å². The van der Waals surface area contributed by atoms with E-state index >= 15 is 0 Å². The molecular weight excluding hydrogens is 262 g/mol. The lowest BCUT2D eigenvalue weighted by molar-refractivity contribution is -0.144. The Morgan fingerprint density at radius 1 is 1.47 bits per heavy atom. The maximum atomic E-state index is 12.2. The van der Waals surface area contributed by atoms with Gasteiger partial charge in [0.15, 0.2) is 0 Å². The van der Waals surface area contributed by atoms with Crippen molar-refractivity contribution < 1.29 is 14.7 Å². The molecule has 0 aromatic carbocycles. The number of carbonyl (C=O) groups excluding carboxylic acids is 1. The third-order valence-electron chi connectivity index (χ3n) is 3.58. The van der Waals surface area contributed by atoms with Crippen LogP contribution in [0.1, 0.15) is 53.2 Å². The summed E-state index contributed by atoms with van der Waals surface area (Å²) in [6.07, 6.45) is 4.37. The zero-order chi connectivity index (χ0) is 14.0. The highest BCUT2D eigenvalue weighted by Gasteiger charge is 2.34. The summed E-state index contributed by atoms with van der Waals surface area (Å²) in [7, 11) is 0. The van der Waals surface area contributed by atoms with Crippen molar-refractivity contribution in [2.24, 2.45) is 0 Å². The molecule has 1 aromatic rings. The Kier molecular flexibility index (Phi) is 3.94. The largest absolute Gasteiger partial charge is 0.480 e. The highest BCUT2D eigenvalue weighted by molar-refractivity contribution is 7.14. The second-order valence-electron chi connectivity index (χ2n) is 5.25. The monoisotopic (exact) mass is 281 g/mol. The first-order chi connectivity index (χ1) is 8.96. The van der Waals surface area contributed by atoms with Gasteiger partial charge < -0.3 is 10.4 Å². The fourth-order valence-corrected chi connectivity index (χ4v) is 3.62. The van der Waals surface area contributed by atoms with Crippen LogP contribution in [0.2, 0.25) is 0 Å². The van der Waals surface area contributed by atoms with Crippen LogP contribution in [0.25, 0.3) is 0 Å². The number of amides is 1. The SMILES string of the molecule is CCCC(C)(NC(=O)c1cc2c(s1)CCC2)C(=O)O. The lowest BCUT2D eigenvalue weighted by Crippen LogP contribution is -2.51. The van der Waals surface area contributed by atoms with E-state index in [4.69, 9.17) is 0 Å². The molecule has 1 heterocycles. The van der Waals surface area contributed by atoms with Gasteiger partial charge in [0.25, 0.3) is 5.91 Å². The van der Waals surface area contributed by atoms with Gasteiger partial charge in [-0.3, -0.25) is 4.79 Å². The van der Waals surface area contributed by atoms with Crippen molar-refractivity contribution >= 4 is 23.2 Å². The molecule has 1 amide bonds. The van der Waals surface area contributed by atoms with Gasteiger partial charge in [-0.2, -0.15) is 0 Å². The summed E-state index contributed by atoms with van der Waals surface area (Å²) >= 11 is 1.50. The number of carboxylic acids is 1. The molecule has 0 bridgehead atoms. The Bertz CT molecular complexity index is 487. The summed E-state index contributed by atoms with van der Waals surface area (Å²) in [5, 5.41) is 11.9. The number of hydrogen-bond acceptors (Lipinski definition) is 3. The molecule has 1 aromatic heterocycles. The van der Waals surface area contributed by atoms with Crippen LogP contribution in [-0.2, 0) is 17.6 Å². The van der Waals surface area contributed by atoms with E-state index in [0.29, 0.717) is 17.7 Å². The minimum atomic E-state index is -1.18. The quantitative estimate of drug-likeness (QED) is 0.872. The van der Waals surface area contributed by atoms with Gasteiger partial charge in [0, 0.05) is 4.88 Å². The summed E-state index contributed by atoms with van der Waals surface area (Å²) in [5.74, 6) is -1.25. The van der Waals surface area contributed by atoms with Crippen molar-refractivity contribution in [1.29, 1.82) is 0 Å². The molecule has 2 rings (SSSR count). The number of rotatable bonds is 5. The molecule has 19 heavy (non-hydrogen) atoms. The fraction of sp³-hybridized carbons (Fsp3) is 0.571. The summed E-state index contributed by atoms with van der Waals surface area (Å²) in [6.45, 7) is 3.48. The molecule has 0 spiro atoms. The maximum absolute atomic E-state index is 12.2. The van der Waals surface area contributed by atoms with Crippen LogP contribution in [0, 0.1) is 0 Å². The van der Waals surface area contributed by atoms with Gasteiger partial charge in [-0.1, -0.05) is 13.3 Å². The Balaban J connectivity index is 2.12. The van der Waals surface area contributed by atoms with Crippen molar-refractivity contribution in [3.8, 4) is 0 Å². The molecule has 5 heteroatoms. The van der Waals surface area contributed by atoms with Crippen LogP contribution in [0.4, 0.5) is 0 Å². The number of aliphatic carboxylic acids is 1. The van der Waals surface area contributed by atoms with Crippen LogP contribution in [0.3, 0.4) is 0 Å². The zero-order valence-corrected chi connectivity index (χ0v) is 12.1. The lowest BCUT2D eigenvalue weighted by Gasteiger charge is -2.25. The van der Waals surface area contributed by atoms with Gasteiger partial charge >= 0.3 is 5.97 Å². The van der Waals surface area contributed by atoms with E-state index in [1.54, 1.807) is 6.92 Å². The topological polar surface area (TPSA) is 66.4 Å². The predicted molar refractivity (Wildman–Crippen MR) is 74.8 cm³/mol. The molecule has 1 aliphatic rings. The van der Waals surface area contributed by atoms with E-state index in [0.717, 1.165) is 19.3 Å². The minimum Gasteiger partial charge on any atom is -0.480 e. The molecule has 0 saturated heterocycles. The van der Waals surface area contributed by atoms with Gasteiger partial charge in [0.05, 0.1) is 4.88 Å². The first kappa shape index (κ1) is 14.1. The number of aryl methyl sites for hydroxylation is 2. The van der Waals surface area contributed by atoms with Gasteiger partial charge in [-0.05, 0) is 44.2 Å². The second-order valence-corrected chi connectivity index (χ2v) is 6.39. The predicted octanol–water partition coefficient (Wildman–Crippen LogP) is 2.61. The molecule has 2 N–H and O–H groups in total. The van der Waals surface area contributed by atoms with E-state index in [9.17, 15) is 14.7 Å². The Hall–Kier alpha value is -1.36. The lowest BCUT2D eigenvalue weighted by atomic mass is 9.96. The van der Waals surface area contributed by atoms with Gasteiger partial charge in [0.2, 0.25) is 0 Å². The van der Waals surface area contributed by atoms with Gasteiger partial charge in [-0.15, -0.1) is 11.3 Å². The standard InChI is InChI=1S/C14H19NO3S/c1-3-7-14(2,13(17)18)15-12(16)11-8-9-5-4-6-10(9)19-11/h8H,3-7H2,1-2H3,(H,15,16)(H,17,18). The molecular formula is C14H19NO3S. The summed E-state index contributed by atoms with van der Waals surface area (Å²) in [5.41, 5.74) is 0.0722. The highest BCUT2D eigenvalue weighted by atomic mass is 32.1. The van der Waals surface area contributed by atoms with E-state index in [1.165, 1.54) is 21.8 Å². The first-order valence-electron chi connectivity index (χ1n) is 6.64. The van der Waals surface area contributed by atoms with Crippen molar-refractivity contribution in [2.75, 3.05) is 0 Å². The number of hydrogen-bond donors (Lipinski definition) is 2. The number of nitrogens with one attached hydrogen (secondary N) is 1. The third kappa shape index (κ3) is 2.81. The summed E-state index contributed by atoms with van der Waals surface area (Å²) < 4.78 is 0. The number of thiophene rings is 1.